The summed E-state index contributed by atoms with van der Waals surface area (Å²) >= 11 is 0. The highest BCUT2D eigenvalue weighted by Crippen LogP contribution is 2.08. The lowest BCUT2D eigenvalue weighted by Crippen LogP contribution is -2.26. The van der Waals surface area contributed by atoms with Crippen molar-refractivity contribution in [3.63, 3.8) is 0 Å². The summed E-state index contributed by atoms with van der Waals surface area (Å²) in [7, 11) is 1.64. The molecule has 0 aromatic carbocycles. The van der Waals surface area contributed by atoms with Gasteiger partial charge < -0.3 is 10.0 Å². The highest BCUT2D eigenvalue weighted by Gasteiger charge is 2.15. The van der Waals surface area contributed by atoms with Crippen molar-refractivity contribution < 1.29 is 14.7 Å². The molecule has 2 heterocycles. The minimum absolute atomic E-state index is 0.151. The Hall–Kier alpha value is -2.76. The maximum atomic E-state index is 12.2. The van der Waals surface area contributed by atoms with Gasteiger partial charge in [-0.3, -0.25) is 9.78 Å². The van der Waals surface area contributed by atoms with Gasteiger partial charge in [-0.05, 0) is 24.3 Å². The number of aromatic carboxylic acids is 1. The molecular formula is C14H13N3O3. The molecule has 0 unspecified atom stereocenters. The zero-order valence-corrected chi connectivity index (χ0v) is 10.9. The Kier molecular flexibility index (Phi) is 4.05. The van der Waals surface area contributed by atoms with Crippen LogP contribution >= 0.6 is 0 Å². The summed E-state index contributed by atoms with van der Waals surface area (Å²) < 4.78 is 0. The average Bonchev–Trinajstić information content (AvgIpc) is 2.47. The molecule has 0 spiro atoms. The van der Waals surface area contributed by atoms with E-state index in [0.29, 0.717) is 6.54 Å². The van der Waals surface area contributed by atoms with Crippen molar-refractivity contribution in [1.29, 1.82) is 0 Å². The van der Waals surface area contributed by atoms with Gasteiger partial charge in [0.15, 0.2) is 0 Å². The highest BCUT2D eigenvalue weighted by atomic mass is 16.4. The molecule has 1 N–H and O–H groups in total. The maximum Gasteiger partial charge on any atom is 0.354 e. The van der Waals surface area contributed by atoms with Crippen molar-refractivity contribution in [2.24, 2.45) is 0 Å². The number of carbonyl (C=O) groups is 2. The Morgan fingerprint density at radius 1 is 1.20 bits per heavy atom. The fourth-order valence-corrected chi connectivity index (χ4v) is 1.71. The van der Waals surface area contributed by atoms with E-state index in [1.807, 2.05) is 12.1 Å². The Morgan fingerprint density at radius 2 is 2.00 bits per heavy atom. The lowest BCUT2D eigenvalue weighted by Gasteiger charge is -2.16. The van der Waals surface area contributed by atoms with Crippen LogP contribution in [0.3, 0.4) is 0 Å². The van der Waals surface area contributed by atoms with Gasteiger partial charge in [0.1, 0.15) is 5.69 Å². The second-order valence-corrected chi connectivity index (χ2v) is 4.22. The summed E-state index contributed by atoms with van der Waals surface area (Å²) in [5.41, 5.74) is 0.897. The van der Waals surface area contributed by atoms with E-state index in [4.69, 9.17) is 5.11 Å². The summed E-state index contributed by atoms with van der Waals surface area (Å²) in [6.45, 7) is 0.352. The highest BCUT2D eigenvalue weighted by molar-refractivity contribution is 5.96. The van der Waals surface area contributed by atoms with Crippen LogP contribution in [-0.2, 0) is 6.54 Å². The van der Waals surface area contributed by atoms with E-state index >= 15 is 0 Å². The van der Waals surface area contributed by atoms with Crippen molar-refractivity contribution >= 4 is 11.9 Å². The van der Waals surface area contributed by atoms with Gasteiger partial charge in [-0.1, -0.05) is 6.07 Å². The number of carboxylic acids is 1. The molecule has 0 fully saturated rings. The number of hydrogen-bond acceptors (Lipinski definition) is 4. The third kappa shape index (κ3) is 3.17. The molecule has 102 valence electrons. The SMILES string of the molecule is CN(Cc1ccccn1)C(=O)c1ccnc(C(=O)O)c1. The first-order valence-corrected chi connectivity index (χ1v) is 5.92. The molecule has 6 heteroatoms. The maximum absolute atomic E-state index is 12.2. The third-order valence-electron chi connectivity index (χ3n) is 2.70. The number of hydrogen-bond donors (Lipinski definition) is 1. The molecule has 6 nitrogen and oxygen atoms in total. The number of pyridine rings is 2. The van der Waals surface area contributed by atoms with Crippen molar-refractivity contribution in [2.75, 3.05) is 7.05 Å². The van der Waals surface area contributed by atoms with E-state index in [1.165, 1.54) is 23.2 Å². The predicted molar refractivity (Wildman–Crippen MR) is 71.2 cm³/mol. The van der Waals surface area contributed by atoms with E-state index in [0.717, 1.165) is 5.69 Å². The Labute approximate surface area is 115 Å². The second kappa shape index (κ2) is 5.92. The molecule has 20 heavy (non-hydrogen) atoms. The molecular weight excluding hydrogens is 258 g/mol. The first-order chi connectivity index (χ1) is 9.58. The van der Waals surface area contributed by atoms with E-state index in [2.05, 4.69) is 9.97 Å². The second-order valence-electron chi connectivity index (χ2n) is 4.22. The molecule has 0 aliphatic heterocycles. The van der Waals surface area contributed by atoms with Crippen LogP contribution in [-0.4, -0.2) is 38.9 Å². The molecule has 2 aromatic rings. The van der Waals surface area contributed by atoms with Crippen molar-refractivity contribution in [2.45, 2.75) is 6.54 Å². The van der Waals surface area contributed by atoms with Gasteiger partial charge >= 0.3 is 5.97 Å². The standard InChI is InChI=1S/C14H13N3O3/c1-17(9-11-4-2-3-6-15-11)13(18)10-5-7-16-12(8-10)14(19)20/h2-8H,9H2,1H3,(H,19,20). The van der Waals surface area contributed by atoms with Gasteiger partial charge in [-0.25, -0.2) is 9.78 Å². The largest absolute Gasteiger partial charge is 0.477 e. The minimum atomic E-state index is -1.16. The normalized spacial score (nSPS) is 10.1. The lowest BCUT2D eigenvalue weighted by atomic mass is 10.2. The summed E-state index contributed by atoms with van der Waals surface area (Å²) in [5, 5.41) is 8.87. The first-order valence-electron chi connectivity index (χ1n) is 5.92. The van der Waals surface area contributed by atoms with E-state index in [1.54, 1.807) is 19.3 Å². The number of rotatable bonds is 4. The van der Waals surface area contributed by atoms with Gasteiger partial charge in [0, 0.05) is 25.0 Å². The number of carbonyl (C=O) groups excluding carboxylic acids is 1. The van der Waals surface area contributed by atoms with E-state index < -0.39 is 5.97 Å². The topological polar surface area (TPSA) is 83.4 Å². The monoisotopic (exact) mass is 271 g/mol. The molecule has 0 saturated heterocycles. The van der Waals surface area contributed by atoms with Crippen LogP contribution in [0.15, 0.2) is 42.7 Å². The number of nitrogens with zero attached hydrogens (tertiary/aromatic N) is 3. The van der Waals surface area contributed by atoms with Crippen LogP contribution < -0.4 is 0 Å². The van der Waals surface area contributed by atoms with Gasteiger partial charge in [0.2, 0.25) is 0 Å². The molecule has 2 rings (SSSR count). The smallest absolute Gasteiger partial charge is 0.354 e. The summed E-state index contributed by atoms with van der Waals surface area (Å²) in [5.74, 6) is -1.44. The molecule has 0 radical (unpaired) electrons. The number of amides is 1. The molecule has 0 saturated carbocycles. The van der Waals surface area contributed by atoms with Crippen LogP contribution in [0.25, 0.3) is 0 Å². The molecule has 1 amide bonds. The summed E-state index contributed by atoms with van der Waals surface area (Å²) in [6, 6.07) is 8.21. The Balaban J connectivity index is 2.14. The van der Waals surface area contributed by atoms with Crippen LogP contribution in [0.4, 0.5) is 0 Å². The summed E-state index contributed by atoms with van der Waals surface area (Å²) in [4.78, 5) is 32.3. The van der Waals surface area contributed by atoms with Crippen LogP contribution in [0.2, 0.25) is 0 Å². The van der Waals surface area contributed by atoms with Gasteiger partial charge in [-0.15, -0.1) is 0 Å². The molecule has 2 aromatic heterocycles. The first kappa shape index (κ1) is 13.7. The quantitative estimate of drug-likeness (QED) is 0.909. The fraction of sp³-hybridized carbons (Fsp3) is 0.143. The van der Waals surface area contributed by atoms with Crippen LogP contribution in [0.1, 0.15) is 26.5 Å². The fourth-order valence-electron chi connectivity index (χ4n) is 1.71. The van der Waals surface area contributed by atoms with Crippen LogP contribution in [0, 0.1) is 0 Å². The molecule has 0 atom stereocenters. The Morgan fingerprint density at radius 3 is 2.65 bits per heavy atom. The number of carboxylic acid groups (broad SMARTS) is 1. The lowest BCUT2D eigenvalue weighted by molar-refractivity contribution is 0.0690. The van der Waals surface area contributed by atoms with E-state index in [-0.39, 0.29) is 17.2 Å². The Bertz CT molecular complexity index is 629. The van der Waals surface area contributed by atoms with Crippen molar-refractivity contribution in [3.8, 4) is 0 Å². The van der Waals surface area contributed by atoms with Crippen molar-refractivity contribution in [3.05, 3.63) is 59.7 Å². The average molecular weight is 271 g/mol. The zero-order valence-electron chi connectivity index (χ0n) is 10.9. The number of aromatic nitrogens is 2. The minimum Gasteiger partial charge on any atom is -0.477 e. The molecule has 0 bridgehead atoms. The molecule has 0 aliphatic carbocycles. The van der Waals surface area contributed by atoms with Crippen molar-refractivity contribution in [1.82, 2.24) is 14.9 Å². The van der Waals surface area contributed by atoms with E-state index in [9.17, 15) is 9.59 Å². The van der Waals surface area contributed by atoms with Gasteiger partial charge in [0.05, 0.1) is 12.2 Å². The zero-order chi connectivity index (χ0) is 14.5. The summed E-state index contributed by atoms with van der Waals surface area (Å²) in [6.07, 6.45) is 2.97. The predicted octanol–water partition coefficient (Wildman–Crippen LogP) is 1.45. The van der Waals surface area contributed by atoms with Gasteiger partial charge in [-0.2, -0.15) is 0 Å². The van der Waals surface area contributed by atoms with Crippen LogP contribution in [0.5, 0.6) is 0 Å². The third-order valence-corrected chi connectivity index (χ3v) is 2.70. The van der Waals surface area contributed by atoms with Gasteiger partial charge in [0.25, 0.3) is 5.91 Å². The molecule has 0 aliphatic rings.